The van der Waals surface area contributed by atoms with Crippen molar-refractivity contribution in [2.45, 2.75) is 32.0 Å². The average Bonchev–Trinajstić information content (AvgIpc) is 2.75. The Labute approximate surface area is 176 Å². The summed E-state index contributed by atoms with van der Waals surface area (Å²) in [6.45, 7) is 5.34. The number of amides is 1. The molecule has 2 aliphatic heterocycles. The molecule has 1 unspecified atom stereocenters. The quantitative estimate of drug-likeness (QED) is 0.691. The van der Waals surface area contributed by atoms with Crippen LogP contribution in [0.2, 0.25) is 0 Å². The van der Waals surface area contributed by atoms with Gasteiger partial charge in [-0.2, -0.15) is 0 Å². The number of piperidine rings is 1. The normalized spacial score (nSPS) is 19.3. The molecule has 1 atom stereocenters. The lowest BCUT2D eigenvalue weighted by Crippen LogP contribution is -2.54. The summed E-state index contributed by atoms with van der Waals surface area (Å²) < 4.78 is 17.1. The van der Waals surface area contributed by atoms with E-state index in [4.69, 9.17) is 14.2 Å². The SMILES string of the molecule is CCOc1ccccc1OC1CCCN(c2ncc(C(=O)N3CC(OC)C3)cn2)C1. The summed E-state index contributed by atoms with van der Waals surface area (Å²) in [6, 6.07) is 7.75. The minimum atomic E-state index is -0.0535. The van der Waals surface area contributed by atoms with Crippen LogP contribution in [0.3, 0.4) is 0 Å². The number of benzene rings is 1. The summed E-state index contributed by atoms with van der Waals surface area (Å²) in [7, 11) is 1.66. The Kier molecular flexibility index (Phi) is 6.32. The highest BCUT2D eigenvalue weighted by molar-refractivity contribution is 5.94. The number of carbonyl (C=O) groups is 1. The lowest BCUT2D eigenvalue weighted by Gasteiger charge is -2.38. The Balaban J connectivity index is 1.37. The van der Waals surface area contributed by atoms with Crippen LogP contribution in [0.5, 0.6) is 11.5 Å². The lowest BCUT2D eigenvalue weighted by atomic mass is 10.1. The van der Waals surface area contributed by atoms with E-state index in [2.05, 4.69) is 14.9 Å². The van der Waals surface area contributed by atoms with E-state index in [1.165, 1.54) is 0 Å². The van der Waals surface area contributed by atoms with Gasteiger partial charge < -0.3 is 24.0 Å². The molecular weight excluding hydrogens is 384 g/mol. The number of para-hydroxylation sites is 2. The molecule has 2 saturated heterocycles. The molecule has 0 radical (unpaired) electrons. The van der Waals surface area contributed by atoms with Crippen molar-refractivity contribution in [3.63, 3.8) is 0 Å². The molecule has 3 heterocycles. The van der Waals surface area contributed by atoms with Crippen molar-refractivity contribution in [1.82, 2.24) is 14.9 Å². The van der Waals surface area contributed by atoms with Gasteiger partial charge in [-0.3, -0.25) is 4.79 Å². The highest BCUT2D eigenvalue weighted by Crippen LogP contribution is 2.29. The number of methoxy groups -OCH3 is 1. The van der Waals surface area contributed by atoms with Crippen molar-refractivity contribution in [3.05, 3.63) is 42.2 Å². The van der Waals surface area contributed by atoms with Crippen LogP contribution in [-0.4, -0.2) is 72.9 Å². The molecule has 1 amide bonds. The van der Waals surface area contributed by atoms with E-state index < -0.39 is 0 Å². The monoisotopic (exact) mass is 412 g/mol. The second-order valence-corrected chi connectivity index (χ2v) is 7.55. The fourth-order valence-electron chi connectivity index (χ4n) is 3.75. The largest absolute Gasteiger partial charge is 0.490 e. The lowest BCUT2D eigenvalue weighted by molar-refractivity contribution is -0.0192. The second kappa shape index (κ2) is 9.30. The molecule has 2 aromatic rings. The zero-order valence-corrected chi connectivity index (χ0v) is 17.5. The molecule has 0 N–H and O–H groups in total. The third-order valence-electron chi connectivity index (χ3n) is 5.46. The zero-order chi connectivity index (χ0) is 20.9. The van der Waals surface area contributed by atoms with Crippen molar-refractivity contribution in [2.24, 2.45) is 0 Å². The van der Waals surface area contributed by atoms with Gasteiger partial charge in [0.2, 0.25) is 5.95 Å². The first-order valence-electron chi connectivity index (χ1n) is 10.5. The van der Waals surface area contributed by atoms with Crippen LogP contribution in [0.15, 0.2) is 36.7 Å². The van der Waals surface area contributed by atoms with Gasteiger partial charge in [-0.1, -0.05) is 12.1 Å². The maximum atomic E-state index is 12.5. The van der Waals surface area contributed by atoms with Gasteiger partial charge in [0.15, 0.2) is 11.5 Å². The molecule has 4 rings (SSSR count). The molecule has 8 nitrogen and oxygen atoms in total. The topological polar surface area (TPSA) is 77.0 Å². The van der Waals surface area contributed by atoms with E-state index in [1.54, 1.807) is 24.4 Å². The number of nitrogens with zero attached hydrogens (tertiary/aromatic N) is 4. The molecule has 1 aromatic carbocycles. The third-order valence-corrected chi connectivity index (χ3v) is 5.46. The minimum Gasteiger partial charge on any atom is -0.490 e. The molecule has 2 fully saturated rings. The van der Waals surface area contributed by atoms with Gasteiger partial charge in [0.05, 0.1) is 24.8 Å². The Hall–Kier alpha value is -2.87. The number of rotatable bonds is 7. The number of anilines is 1. The van der Waals surface area contributed by atoms with E-state index in [1.807, 2.05) is 31.2 Å². The molecule has 30 heavy (non-hydrogen) atoms. The van der Waals surface area contributed by atoms with E-state index >= 15 is 0 Å². The van der Waals surface area contributed by atoms with E-state index in [-0.39, 0.29) is 18.1 Å². The number of likely N-dealkylation sites (tertiary alicyclic amines) is 1. The number of hydrogen-bond acceptors (Lipinski definition) is 7. The van der Waals surface area contributed by atoms with Crippen molar-refractivity contribution >= 4 is 11.9 Å². The molecule has 160 valence electrons. The van der Waals surface area contributed by atoms with Crippen LogP contribution < -0.4 is 14.4 Å². The molecule has 0 aliphatic carbocycles. The average molecular weight is 412 g/mol. The molecule has 0 saturated carbocycles. The first-order valence-corrected chi connectivity index (χ1v) is 10.5. The Morgan fingerprint density at radius 3 is 2.53 bits per heavy atom. The third kappa shape index (κ3) is 4.48. The molecule has 8 heteroatoms. The first kappa shape index (κ1) is 20.4. The fraction of sp³-hybridized carbons (Fsp3) is 0.500. The summed E-state index contributed by atoms with van der Waals surface area (Å²) in [5.41, 5.74) is 0.503. The molecule has 2 aliphatic rings. The van der Waals surface area contributed by atoms with Crippen LogP contribution >= 0.6 is 0 Å². The number of aromatic nitrogens is 2. The van der Waals surface area contributed by atoms with Crippen molar-refractivity contribution < 1.29 is 19.0 Å². The maximum absolute atomic E-state index is 12.5. The van der Waals surface area contributed by atoms with Crippen LogP contribution in [-0.2, 0) is 4.74 Å². The van der Waals surface area contributed by atoms with Crippen LogP contribution in [0.4, 0.5) is 5.95 Å². The fourth-order valence-corrected chi connectivity index (χ4v) is 3.75. The number of ether oxygens (including phenoxy) is 3. The predicted octanol–water partition coefficient (Wildman–Crippen LogP) is 2.39. The highest BCUT2D eigenvalue weighted by Gasteiger charge is 2.31. The van der Waals surface area contributed by atoms with Crippen LogP contribution in [0.25, 0.3) is 0 Å². The van der Waals surface area contributed by atoms with E-state index in [9.17, 15) is 4.79 Å². The van der Waals surface area contributed by atoms with E-state index in [0.29, 0.717) is 37.8 Å². The maximum Gasteiger partial charge on any atom is 0.257 e. The molecule has 0 spiro atoms. The molecule has 1 aromatic heterocycles. The van der Waals surface area contributed by atoms with Gasteiger partial charge in [0.1, 0.15) is 6.10 Å². The van der Waals surface area contributed by atoms with Crippen molar-refractivity contribution in [2.75, 3.05) is 44.8 Å². The zero-order valence-electron chi connectivity index (χ0n) is 17.5. The molecular formula is C22H28N4O4. The second-order valence-electron chi connectivity index (χ2n) is 7.55. The molecule has 0 bridgehead atoms. The van der Waals surface area contributed by atoms with Crippen molar-refractivity contribution in [3.8, 4) is 11.5 Å². The summed E-state index contributed by atoms with van der Waals surface area (Å²) in [6.07, 6.45) is 5.32. The predicted molar refractivity (Wildman–Crippen MR) is 112 cm³/mol. The first-order chi connectivity index (χ1) is 14.7. The summed E-state index contributed by atoms with van der Waals surface area (Å²) in [4.78, 5) is 25.2. The number of carbonyl (C=O) groups excluding carboxylic acids is 1. The van der Waals surface area contributed by atoms with Gasteiger partial charge in [0.25, 0.3) is 5.91 Å². The summed E-state index contributed by atoms with van der Waals surface area (Å²) >= 11 is 0. The van der Waals surface area contributed by atoms with Crippen LogP contribution in [0.1, 0.15) is 30.1 Å². The Morgan fingerprint density at radius 1 is 1.10 bits per heavy atom. The number of hydrogen-bond donors (Lipinski definition) is 0. The van der Waals surface area contributed by atoms with Gasteiger partial charge >= 0.3 is 0 Å². The summed E-state index contributed by atoms with van der Waals surface area (Å²) in [5.74, 6) is 2.09. The van der Waals surface area contributed by atoms with Gasteiger partial charge in [-0.05, 0) is 31.9 Å². The highest BCUT2D eigenvalue weighted by atomic mass is 16.5. The van der Waals surface area contributed by atoms with Crippen LogP contribution in [0, 0.1) is 0 Å². The van der Waals surface area contributed by atoms with Gasteiger partial charge in [-0.15, -0.1) is 0 Å². The minimum absolute atomic E-state index is 0.0253. The van der Waals surface area contributed by atoms with Gasteiger partial charge in [-0.25, -0.2) is 9.97 Å². The Bertz CT molecular complexity index is 854. The standard InChI is InChI=1S/C22H28N4O4/c1-3-29-19-8-4-5-9-20(19)30-17-7-6-10-25(13-17)22-23-11-16(12-24-22)21(27)26-14-18(15-26)28-2/h4-5,8-9,11-12,17-18H,3,6-7,10,13-15H2,1-2H3. The summed E-state index contributed by atoms with van der Waals surface area (Å²) in [5, 5.41) is 0. The van der Waals surface area contributed by atoms with Gasteiger partial charge in [0, 0.05) is 39.1 Å². The van der Waals surface area contributed by atoms with Crippen molar-refractivity contribution in [1.29, 1.82) is 0 Å². The Morgan fingerprint density at radius 2 is 1.83 bits per heavy atom. The smallest absolute Gasteiger partial charge is 0.257 e. The van der Waals surface area contributed by atoms with E-state index in [0.717, 1.165) is 30.9 Å².